The van der Waals surface area contributed by atoms with Gasteiger partial charge in [-0.15, -0.1) is 0 Å². The maximum absolute atomic E-state index is 14.1. The molecule has 12 heteroatoms. The minimum atomic E-state index is -4.25. The van der Waals surface area contributed by atoms with Crippen molar-refractivity contribution in [3.63, 3.8) is 0 Å². The van der Waals surface area contributed by atoms with Crippen LogP contribution in [-0.4, -0.2) is 51.4 Å². The Kier molecular flexibility index (Phi) is 11.9. The third-order valence-corrected chi connectivity index (χ3v) is 9.25. The van der Waals surface area contributed by atoms with Crippen LogP contribution in [0.5, 0.6) is 5.75 Å². The number of halogens is 3. The summed E-state index contributed by atoms with van der Waals surface area (Å²) < 4.78 is 34.1. The fourth-order valence-corrected chi connectivity index (χ4v) is 6.26. The first-order chi connectivity index (χ1) is 19.9. The first kappa shape index (κ1) is 33.5. The average Bonchev–Trinajstić information content (AvgIpc) is 2.96. The summed E-state index contributed by atoms with van der Waals surface area (Å²) in [6.07, 6.45) is 0.268. The molecule has 3 rings (SSSR count). The highest BCUT2D eigenvalue weighted by atomic mass is 35.5. The van der Waals surface area contributed by atoms with E-state index in [1.165, 1.54) is 60.5 Å². The monoisotopic (exact) mass is 653 g/mol. The summed E-state index contributed by atoms with van der Waals surface area (Å²) in [5, 5.41) is 3.92. The van der Waals surface area contributed by atoms with Crippen LogP contribution in [0.15, 0.2) is 71.6 Å². The molecule has 3 aromatic rings. The summed E-state index contributed by atoms with van der Waals surface area (Å²) in [5.74, 6) is -0.323. The topological polar surface area (TPSA) is 96.0 Å². The van der Waals surface area contributed by atoms with Gasteiger partial charge in [-0.2, -0.15) is 0 Å². The Morgan fingerprint density at radius 1 is 0.929 bits per heavy atom. The number of hydrogen-bond donors (Lipinski definition) is 1. The van der Waals surface area contributed by atoms with Gasteiger partial charge in [0.25, 0.3) is 10.0 Å². The van der Waals surface area contributed by atoms with E-state index in [1.807, 2.05) is 13.8 Å². The molecule has 1 atom stereocenters. The van der Waals surface area contributed by atoms with E-state index < -0.39 is 28.5 Å². The number of hydrogen-bond acceptors (Lipinski definition) is 5. The maximum atomic E-state index is 14.1. The Bertz CT molecular complexity index is 1460. The lowest BCUT2D eigenvalue weighted by molar-refractivity contribution is -0.140. The molecule has 1 N–H and O–H groups in total. The lowest BCUT2D eigenvalue weighted by atomic mass is 10.1. The SMILES string of the molecule is CC[C@@H](C(=O)NCC(C)C)N(Cc1c(Cl)cccc1Cl)C(=O)CN(c1ccc(Cl)cc1)S(=O)(=O)c1ccc(OC)cc1. The Balaban J connectivity index is 2.08. The Labute approximate surface area is 262 Å². The van der Waals surface area contributed by atoms with Gasteiger partial charge in [-0.3, -0.25) is 13.9 Å². The van der Waals surface area contributed by atoms with Gasteiger partial charge in [0.15, 0.2) is 0 Å². The molecule has 0 heterocycles. The lowest BCUT2D eigenvalue weighted by Gasteiger charge is -2.33. The molecule has 0 unspecified atom stereocenters. The molecule has 0 radical (unpaired) electrons. The van der Waals surface area contributed by atoms with Crippen molar-refractivity contribution in [3.05, 3.63) is 87.4 Å². The van der Waals surface area contributed by atoms with Crippen LogP contribution in [0.25, 0.3) is 0 Å². The number of benzene rings is 3. The normalized spacial score (nSPS) is 12.1. The predicted octanol–water partition coefficient (Wildman–Crippen LogP) is 6.43. The number of nitrogens with one attached hydrogen (secondary N) is 1. The largest absolute Gasteiger partial charge is 0.497 e. The van der Waals surface area contributed by atoms with E-state index in [0.29, 0.717) is 32.9 Å². The molecular weight excluding hydrogens is 621 g/mol. The molecule has 8 nitrogen and oxygen atoms in total. The lowest BCUT2D eigenvalue weighted by Crippen LogP contribution is -2.52. The van der Waals surface area contributed by atoms with Gasteiger partial charge in [0.2, 0.25) is 11.8 Å². The van der Waals surface area contributed by atoms with Gasteiger partial charge in [-0.1, -0.05) is 61.6 Å². The van der Waals surface area contributed by atoms with E-state index in [0.717, 1.165) is 4.31 Å². The number of sulfonamides is 1. The number of carbonyl (C=O) groups is 2. The van der Waals surface area contributed by atoms with Crippen molar-refractivity contribution >= 4 is 62.3 Å². The minimum absolute atomic E-state index is 0.0477. The highest BCUT2D eigenvalue weighted by molar-refractivity contribution is 7.92. The molecule has 0 spiro atoms. The van der Waals surface area contributed by atoms with Gasteiger partial charge in [-0.05, 0) is 73.0 Å². The van der Waals surface area contributed by atoms with Gasteiger partial charge in [0.1, 0.15) is 18.3 Å². The summed E-state index contributed by atoms with van der Waals surface area (Å²) in [6, 6.07) is 16.0. The molecule has 0 aliphatic heterocycles. The van der Waals surface area contributed by atoms with Crippen molar-refractivity contribution in [2.24, 2.45) is 5.92 Å². The molecule has 0 aliphatic rings. The molecular formula is C30H34Cl3N3O5S. The van der Waals surface area contributed by atoms with Gasteiger partial charge in [0, 0.05) is 33.7 Å². The first-order valence-corrected chi connectivity index (χ1v) is 15.9. The van der Waals surface area contributed by atoms with Crippen LogP contribution in [0, 0.1) is 5.92 Å². The molecule has 2 amide bonds. The van der Waals surface area contributed by atoms with Crippen LogP contribution < -0.4 is 14.4 Å². The number of carbonyl (C=O) groups excluding carboxylic acids is 2. The molecule has 226 valence electrons. The molecule has 0 bridgehead atoms. The fourth-order valence-electron chi connectivity index (χ4n) is 4.21. The van der Waals surface area contributed by atoms with Crippen molar-refractivity contribution in [3.8, 4) is 5.75 Å². The van der Waals surface area contributed by atoms with Crippen molar-refractivity contribution < 1.29 is 22.7 Å². The van der Waals surface area contributed by atoms with Crippen LogP contribution in [0.2, 0.25) is 15.1 Å². The van der Waals surface area contributed by atoms with Crippen molar-refractivity contribution in [1.82, 2.24) is 10.2 Å². The van der Waals surface area contributed by atoms with Crippen LogP contribution >= 0.6 is 34.8 Å². The van der Waals surface area contributed by atoms with Crippen LogP contribution in [0.1, 0.15) is 32.8 Å². The summed E-state index contributed by atoms with van der Waals surface area (Å²) in [5.41, 5.74) is 0.664. The number of nitrogens with zero attached hydrogens (tertiary/aromatic N) is 2. The second kappa shape index (κ2) is 15.0. The summed E-state index contributed by atoms with van der Waals surface area (Å²) in [6.45, 7) is 5.39. The molecule has 0 saturated heterocycles. The molecule has 0 saturated carbocycles. The van der Waals surface area contributed by atoms with E-state index in [9.17, 15) is 18.0 Å². The van der Waals surface area contributed by atoms with E-state index in [1.54, 1.807) is 25.1 Å². The Hall–Kier alpha value is -2.98. The maximum Gasteiger partial charge on any atom is 0.264 e. The van der Waals surface area contributed by atoms with Gasteiger partial charge >= 0.3 is 0 Å². The van der Waals surface area contributed by atoms with Gasteiger partial charge < -0.3 is 15.0 Å². The third-order valence-electron chi connectivity index (χ3n) is 6.50. The van der Waals surface area contributed by atoms with E-state index >= 15 is 0 Å². The zero-order valence-corrected chi connectivity index (χ0v) is 26.9. The zero-order valence-electron chi connectivity index (χ0n) is 23.8. The molecule has 3 aromatic carbocycles. The van der Waals surface area contributed by atoms with Gasteiger partial charge in [0.05, 0.1) is 17.7 Å². The van der Waals surface area contributed by atoms with Crippen molar-refractivity contribution in [1.29, 1.82) is 0 Å². The smallest absolute Gasteiger partial charge is 0.264 e. The quantitative estimate of drug-likeness (QED) is 0.229. The molecule has 42 heavy (non-hydrogen) atoms. The predicted molar refractivity (Wildman–Crippen MR) is 168 cm³/mol. The summed E-state index contributed by atoms with van der Waals surface area (Å²) in [7, 11) is -2.77. The summed E-state index contributed by atoms with van der Waals surface area (Å²) >= 11 is 19.0. The summed E-state index contributed by atoms with van der Waals surface area (Å²) in [4.78, 5) is 28.8. The van der Waals surface area contributed by atoms with E-state index in [4.69, 9.17) is 39.5 Å². The zero-order chi connectivity index (χ0) is 31.0. The number of rotatable bonds is 13. The highest BCUT2D eigenvalue weighted by Crippen LogP contribution is 2.29. The standard InChI is InChI=1S/C30H34Cl3N3O5S/c1-5-28(30(38)34-17-20(2)3)35(18-25-26(32)7-6-8-27(25)33)29(37)19-36(22-11-9-21(31)10-12-22)42(39,40)24-15-13-23(41-4)14-16-24/h6-16,20,28H,5,17-19H2,1-4H3,(H,34,38)/t28-/m0/s1. The number of amides is 2. The van der Waals surface area contributed by atoms with Crippen molar-refractivity contribution in [2.45, 2.75) is 44.7 Å². The van der Waals surface area contributed by atoms with Gasteiger partial charge in [-0.25, -0.2) is 8.42 Å². The Morgan fingerprint density at radius 3 is 2.05 bits per heavy atom. The van der Waals surface area contributed by atoms with Crippen LogP contribution in [0.4, 0.5) is 5.69 Å². The number of methoxy groups -OCH3 is 1. The van der Waals surface area contributed by atoms with Crippen LogP contribution in [-0.2, 0) is 26.2 Å². The molecule has 0 fully saturated rings. The Morgan fingerprint density at radius 2 is 1.52 bits per heavy atom. The minimum Gasteiger partial charge on any atom is -0.497 e. The second-order valence-corrected chi connectivity index (χ2v) is 13.1. The average molecular weight is 655 g/mol. The first-order valence-electron chi connectivity index (χ1n) is 13.3. The van der Waals surface area contributed by atoms with Crippen LogP contribution in [0.3, 0.4) is 0 Å². The van der Waals surface area contributed by atoms with E-state index in [2.05, 4.69) is 5.32 Å². The molecule has 0 aliphatic carbocycles. The molecule has 0 aromatic heterocycles. The third kappa shape index (κ3) is 8.31. The van der Waals surface area contributed by atoms with Crippen molar-refractivity contribution in [2.75, 3.05) is 24.5 Å². The number of ether oxygens (including phenoxy) is 1. The second-order valence-electron chi connectivity index (χ2n) is 9.95. The number of anilines is 1. The highest BCUT2D eigenvalue weighted by Gasteiger charge is 2.34. The van der Waals surface area contributed by atoms with E-state index in [-0.39, 0.29) is 35.4 Å². The fraction of sp³-hybridized carbons (Fsp3) is 0.333.